The van der Waals surface area contributed by atoms with Crippen molar-refractivity contribution in [3.05, 3.63) is 71.0 Å². The van der Waals surface area contributed by atoms with Gasteiger partial charge in [0.05, 0.1) is 11.1 Å². The van der Waals surface area contributed by atoms with Gasteiger partial charge in [-0.3, -0.25) is 20.4 Å². The van der Waals surface area contributed by atoms with Crippen LogP contribution >= 0.6 is 0 Å². The fourth-order valence-electron chi connectivity index (χ4n) is 1.97. The molecule has 130 valence electrons. The van der Waals surface area contributed by atoms with Gasteiger partial charge in [0.25, 0.3) is 11.8 Å². The Morgan fingerprint density at radius 2 is 1.68 bits per heavy atom. The molecule has 0 spiro atoms. The summed E-state index contributed by atoms with van der Waals surface area (Å²) in [5, 5.41) is 0. The number of rotatable bonds is 5. The Morgan fingerprint density at radius 1 is 1.00 bits per heavy atom. The number of amides is 2. The molecule has 2 aromatic carbocycles. The number of aryl methyl sites for hydroxylation is 1. The van der Waals surface area contributed by atoms with Gasteiger partial charge in [0.2, 0.25) is 0 Å². The monoisotopic (exact) mass is 344 g/mol. The molecule has 0 fully saturated rings. The molecule has 0 heterocycles. The van der Waals surface area contributed by atoms with Crippen molar-refractivity contribution in [1.82, 2.24) is 10.9 Å². The molecule has 0 aliphatic heterocycles. The highest BCUT2D eigenvalue weighted by atomic mass is 19.1. The number of benzene rings is 2. The third-order valence-corrected chi connectivity index (χ3v) is 3.37. The Morgan fingerprint density at radius 3 is 2.32 bits per heavy atom. The highest BCUT2D eigenvalue weighted by Crippen LogP contribution is 2.07. The maximum absolute atomic E-state index is 13.4. The predicted octanol–water partition coefficient (Wildman–Crippen LogP) is 2.01. The molecule has 25 heavy (non-hydrogen) atoms. The lowest BCUT2D eigenvalue weighted by molar-refractivity contribution is -0.125. The summed E-state index contributed by atoms with van der Waals surface area (Å²) in [6.07, 6.45) is 0.847. The molecule has 2 rings (SSSR count). The van der Waals surface area contributed by atoms with Crippen LogP contribution in [0.2, 0.25) is 0 Å². The fourth-order valence-corrected chi connectivity index (χ4v) is 1.97. The van der Waals surface area contributed by atoms with Crippen LogP contribution in [0.1, 0.15) is 33.2 Å². The number of nitrogens with one attached hydrogen (secondary N) is 2. The van der Waals surface area contributed by atoms with E-state index in [-0.39, 0.29) is 5.56 Å². The van der Waals surface area contributed by atoms with Crippen molar-refractivity contribution in [2.75, 3.05) is 6.61 Å². The fraction of sp³-hybridized carbons (Fsp3) is 0.167. The van der Waals surface area contributed by atoms with Gasteiger partial charge in [-0.1, -0.05) is 31.2 Å². The molecule has 0 aliphatic rings. The van der Waals surface area contributed by atoms with Crippen LogP contribution in [0.4, 0.5) is 4.39 Å². The largest absolute Gasteiger partial charge is 0.452 e. The van der Waals surface area contributed by atoms with E-state index in [1.165, 1.54) is 18.2 Å². The molecule has 6 nitrogen and oxygen atoms in total. The second-order valence-electron chi connectivity index (χ2n) is 5.11. The van der Waals surface area contributed by atoms with Crippen LogP contribution in [0, 0.1) is 5.82 Å². The van der Waals surface area contributed by atoms with Crippen molar-refractivity contribution in [3.63, 3.8) is 0 Å². The van der Waals surface area contributed by atoms with Gasteiger partial charge in [-0.2, -0.15) is 0 Å². The highest BCUT2D eigenvalue weighted by Gasteiger charge is 2.13. The van der Waals surface area contributed by atoms with E-state index in [0.29, 0.717) is 5.56 Å². The SMILES string of the molecule is CCc1ccc(C(=O)OCC(=O)NNC(=O)c2ccccc2F)cc1. The summed E-state index contributed by atoms with van der Waals surface area (Å²) in [4.78, 5) is 35.1. The van der Waals surface area contributed by atoms with E-state index in [1.54, 1.807) is 24.3 Å². The van der Waals surface area contributed by atoms with Crippen molar-refractivity contribution in [1.29, 1.82) is 0 Å². The average molecular weight is 344 g/mol. The Balaban J connectivity index is 1.79. The van der Waals surface area contributed by atoms with Crippen LogP contribution in [-0.2, 0) is 16.0 Å². The Bertz CT molecular complexity index is 775. The first-order valence-corrected chi connectivity index (χ1v) is 7.61. The highest BCUT2D eigenvalue weighted by molar-refractivity contribution is 5.96. The second kappa shape index (κ2) is 8.58. The molecule has 2 aromatic rings. The molecular weight excluding hydrogens is 327 g/mol. The lowest BCUT2D eigenvalue weighted by Gasteiger charge is -2.08. The summed E-state index contributed by atoms with van der Waals surface area (Å²) < 4.78 is 18.3. The topological polar surface area (TPSA) is 84.5 Å². The van der Waals surface area contributed by atoms with Crippen molar-refractivity contribution < 1.29 is 23.5 Å². The van der Waals surface area contributed by atoms with E-state index < -0.39 is 30.2 Å². The number of hydrogen-bond donors (Lipinski definition) is 2. The van der Waals surface area contributed by atoms with Crippen LogP contribution in [-0.4, -0.2) is 24.4 Å². The third-order valence-electron chi connectivity index (χ3n) is 3.37. The first kappa shape index (κ1) is 18.1. The van der Waals surface area contributed by atoms with Crippen molar-refractivity contribution >= 4 is 17.8 Å². The van der Waals surface area contributed by atoms with E-state index in [4.69, 9.17) is 4.74 Å². The minimum absolute atomic E-state index is 0.212. The molecule has 7 heteroatoms. The molecule has 0 radical (unpaired) electrons. The Hall–Kier alpha value is -3.22. The molecule has 2 amide bonds. The van der Waals surface area contributed by atoms with Gasteiger partial charge >= 0.3 is 5.97 Å². The zero-order valence-corrected chi connectivity index (χ0v) is 13.5. The summed E-state index contributed by atoms with van der Waals surface area (Å²) in [7, 11) is 0. The van der Waals surface area contributed by atoms with Gasteiger partial charge in [0.15, 0.2) is 6.61 Å². The van der Waals surface area contributed by atoms with E-state index in [0.717, 1.165) is 18.1 Å². The zero-order chi connectivity index (χ0) is 18.2. The third kappa shape index (κ3) is 5.13. The van der Waals surface area contributed by atoms with Crippen LogP contribution in [0.5, 0.6) is 0 Å². The number of hydrogen-bond acceptors (Lipinski definition) is 4. The Kier molecular flexibility index (Phi) is 6.22. The number of carbonyl (C=O) groups is 3. The van der Waals surface area contributed by atoms with Crippen molar-refractivity contribution in [2.45, 2.75) is 13.3 Å². The van der Waals surface area contributed by atoms with Gasteiger partial charge < -0.3 is 4.74 Å². The quantitative estimate of drug-likeness (QED) is 0.642. The molecule has 0 unspecified atom stereocenters. The number of hydrazine groups is 1. The molecular formula is C18H17FN2O4. The minimum atomic E-state index is -0.812. The molecule has 2 N–H and O–H groups in total. The van der Waals surface area contributed by atoms with Crippen LogP contribution < -0.4 is 10.9 Å². The maximum atomic E-state index is 13.4. The summed E-state index contributed by atoms with van der Waals surface area (Å²) in [6.45, 7) is 1.42. The van der Waals surface area contributed by atoms with Gasteiger partial charge in [0, 0.05) is 0 Å². The smallest absolute Gasteiger partial charge is 0.338 e. The summed E-state index contributed by atoms with van der Waals surface area (Å²) in [5.74, 6) is -2.93. The van der Waals surface area contributed by atoms with Crippen LogP contribution in [0.15, 0.2) is 48.5 Å². The van der Waals surface area contributed by atoms with E-state index in [9.17, 15) is 18.8 Å². The van der Waals surface area contributed by atoms with E-state index in [1.807, 2.05) is 12.3 Å². The lowest BCUT2D eigenvalue weighted by Crippen LogP contribution is -2.43. The van der Waals surface area contributed by atoms with E-state index >= 15 is 0 Å². The summed E-state index contributed by atoms with van der Waals surface area (Å²) in [5.41, 5.74) is 5.28. The number of esters is 1. The number of ether oxygens (including phenoxy) is 1. The van der Waals surface area contributed by atoms with Gasteiger partial charge in [-0.05, 0) is 36.2 Å². The first-order chi connectivity index (χ1) is 12.0. The Labute approximate surface area is 144 Å². The molecule has 0 saturated carbocycles. The summed E-state index contributed by atoms with van der Waals surface area (Å²) in [6, 6.07) is 12.1. The standard InChI is InChI=1S/C18H17FN2O4/c1-2-12-7-9-13(10-8-12)18(24)25-11-16(22)20-21-17(23)14-5-3-4-6-15(14)19/h3-10H,2,11H2,1H3,(H,20,22)(H,21,23). The molecule has 0 aromatic heterocycles. The minimum Gasteiger partial charge on any atom is -0.452 e. The molecule has 0 saturated heterocycles. The van der Waals surface area contributed by atoms with Crippen molar-refractivity contribution in [2.24, 2.45) is 0 Å². The second-order valence-corrected chi connectivity index (χ2v) is 5.11. The lowest BCUT2D eigenvalue weighted by atomic mass is 10.1. The normalized spacial score (nSPS) is 10.0. The molecule has 0 bridgehead atoms. The van der Waals surface area contributed by atoms with Crippen LogP contribution in [0.3, 0.4) is 0 Å². The first-order valence-electron chi connectivity index (χ1n) is 7.61. The molecule has 0 atom stereocenters. The zero-order valence-electron chi connectivity index (χ0n) is 13.5. The number of halogens is 1. The van der Waals surface area contributed by atoms with Gasteiger partial charge in [-0.15, -0.1) is 0 Å². The van der Waals surface area contributed by atoms with Gasteiger partial charge in [-0.25, -0.2) is 9.18 Å². The average Bonchev–Trinajstić information content (AvgIpc) is 2.64. The number of carbonyl (C=O) groups excluding carboxylic acids is 3. The van der Waals surface area contributed by atoms with Crippen molar-refractivity contribution in [3.8, 4) is 0 Å². The van der Waals surface area contributed by atoms with Gasteiger partial charge in [0.1, 0.15) is 5.82 Å². The van der Waals surface area contributed by atoms with Crippen LogP contribution in [0.25, 0.3) is 0 Å². The maximum Gasteiger partial charge on any atom is 0.338 e. The molecule has 0 aliphatic carbocycles. The summed E-state index contributed by atoms with van der Waals surface area (Å²) >= 11 is 0. The van der Waals surface area contributed by atoms with E-state index in [2.05, 4.69) is 5.43 Å². The predicted molar refractivity (Wildman–Crippen MR) is 88.1 cm³/mol.